The van der Waals surface area contributed by atoms with Crippen molar-refractivity contribution in [2.24, 2.45) is 0 Å². The average molecular weight is 266 g/mol. The Morgan fingerprint density at radius 3 is 2.56 bits per heavy atom. The SMILES string of the molecule is CC(C)(C)OC(=O)c1csc(C2CCCCC2)c1. The van der Waals surface area contributed by atoms with Gasteiger partial charge in [0.25, 0.3) is 0 Å². The van der Waals surface area contributed by atoms with E-state index in [1.165, 1.54) is 37.0 Å². The van der Waals surface area contributed by atoms with E-state index in [0.29, 0.717) is 5.92 Å². The first-order chi connectivity index (χ1) is 8.46. The Hall–Kier alpha value is -0.830. The van der Waals surface area contributed by atoms with Crippen LogP contribution in [0.5, 0.6) is 0 Å². The monoisotopic (exact) mass is 266 g/mol. The van der Waals surface area contributed by atoms with Crippen LogP contribution >= 0.6 is 11.3 Å². The van der Waals surface area contributed by atoms with Crippen LogP contribution in [0.2, 0.25) is 0 Å². The lowest BCUT2D eigenvalue weighted by atomic mass is 9.88. The van der Waals surface area contributed by atoms with E-state index in [-0.39, 0.29) is 5.97 Å². The van der Waals surface area contributed by atoms with Crippen LogP contribution in [0.4, 0.5) is 0 Å². The smallest absolute Gasteiger partial charge is 0.339 e. The minimum absolute atomic E-state index is 0.194. The van der Waals surface area contributed by atoms with Crippen molar-refractivity contribution in [2.45, 2.75) is 64.4 Å². The van der Waals surface area contributed by atoms with Gasteiger partial charge in [0.05, 0.1) is 5.56 Å². The second-order valence-corrected chi connectivity index (χ2v) is 7.02. The van der Waals surface area contributed by atoms with Gasteiger partial charge in [-0.25, -0.2) is 4.79 Å². The summed E-state index contributed by atoms with van der Waals surface area (Å²) in [5.74, 6) is 0.473. The van der Waals surface area contributed by atoms with Gasteiger partial charge < -0.3 is 4.74 Å². The lowest BCUT2D eigenvalue weighted by molar-refractivity contribution is 0.00701. The topological polar surface area (TPSA) is 26.3 Å². The van der Waals surface area contributed by atoms with Gasteiger partial charge in [0, 0.05) is 10.3 Å². The predicted octanol–water partition coefficient (Wildman–Crippen LogP) is 4.75. The lowest BCUT2D eigenvalue weighted by Crippen LogP contribution is -2.23. The van der Waals surface area contributed by atoms with E-state index in [9.17, 15) is 4.79 Å². The molecule has 0 spiro atoms. The zero-order valence-corrected chi connectivity index (χ0v) is 12.3. The molecule has 0 aliphatic heterocycles. The normalized spacial score (nSPS) is 17.7. The van der Waals surface area contributed by atoms with Crippen molar-refractivity contribution in [1.29, 1.82) is 0 Å². The molecule has 1 aromatic heterocycles. The third-order valence-corrected chi connectivity index (χ3v) is 4.36. The molecule has 1 aromatic rings. The highest BCUT2D eigenvalue weighted by Crippen LogP contribution is 2.36. The molecule has 1 aliphatic rings. The molecular formula is C15H22O2S. The van der Waals surface area contributed by atoms with Crippen LogP contribution in [-0.2, 0) is 4.74 Å². The third kappa shape index (κ3) is 3.58. The number of esters is 1. The Labute approximate surface area is 113 Å². The maximum Gasteiger partial charge on any atom is 0.339 e. The van der Waals surface area contributed by atoms with Crippen LogP contribution in [0.15, 0.2) is 11.4 Å². The van der Waals surface area contributed by atoms with E-state index in [1.807, 2.05) is 32.2 Å². The van der Waals surface area contributed by atoms with Crippen molar-refractivity contribution in [3.05, 3.63) is 21.9 Å². The molecule has 0 bridgehead atoms. The van der Waals surface area contributed by atoms with Gasteiger partial charge in [-0.1, -0.05) is 19.3 Å². The van der Waals surface area contributed by atoms with Gasteiger partial charge in [-0.05, 0) is 45.6 Å². The number of hydrogen-bond acceptors (Lipinski definition) is 3. The fourth-order valence-electron chi connectivity index (χ4n) is 2.40. The number of carbonyl (C=O) groups excluding carboxylic acids is 1. The second-order valence-electron chi connectivity index (χ2n) is 6.07. The highest BCUT2D eigenvalue weighted by Gasteiger charge is 2.22. The summed E-state index contributed by atoms with van der Waals surface area (Å²) in [6.07, 6.45) is 6.55. The zero-order valence-electron chi connectivity index (χ0n) is 11.5. The first kappa shape index (κ1) is 13.6. The number of hydrogen-bond donors (Lipinski definition) is 0. The number of rotatable bonds is 2. The molecule has 2 rings (SSSR count). The molecule has 0 unspecified atom stereocenters. The molecule has 18 heavy (non-hydrogen) atoms. The van der Waals surface area contributed by atoms with Crippen molar-refractivity contribution in [2.75, 3.05) is 0 Å². The van der Waals surface area contributed by atoms with Crippen LogP contribution in [0, 0.1) is 0 Å². The van der Waals surface area contributed by atoms with Gasteiger partial charge in [-0.2, -0.15) is 0 Å². The fourth-order valence-corrected chi connectivity index (χ4v) is 3.45. The van der Waals surface area contributed by atoms with E-state index < -0.39 is 5.60 Å². The van der Waals surface area contributed by atoms with E-state index in [2.05, 4.69) is 0 Å². The van der Waals surface area contributed by atoms with Crippen molar-refractivity contribution >= 4 is 17.3 Å². The highest BCUT2D eigenvalue weighted by molar-refractivity contribution is 7.10. The number of carbonyl (C=O) groups is 1. The molecule has 0 amide bonds. The highest BCUT2D eigenvalue weighted by atomic mass is 32.1. The molecule has 0 atom stereocenters. The summed E-state index contributed by atoms with van der Waals surface area (Å²) in [6.45, 7) is 5.71. The Balaban J connectivity index is 2.03. The summed E-state index contributed by atoms with van der Waals surface area (Å²) in [7, 11) is 0. The van der Waals surface area contributed by atoms with Crippen LogP contribution in [0.25, 0.3) is 0 Å². The Kier molecular flexibility index (Phi) is 4.10. The minimum Gasteiger partial charge on any atom is -0.456 e. The van der Waals surface area contributed by atoms with Crippen LogP contribution in [0.1, 0.15) is 74.0 Å². The molecule has 0 saturated heterocycles. The van der Waals surface area contributed by atoms with Crippen LogP contribution in [0.3, 0.4) is 0 Å². The van der Waals surface area contributed by atoms with E-state index in [1.54, 1.807) is 11.3 Å². The summed E-state index contributed by atoms with van der Waals surface area (Å²) in [5.41, 5.74) is 0.305. The van der Waals surface area contributed by atoms with Crippen molar-refractivity contribution in [3.8, 4) is 0 Å². The summed E-state index contributed by atoms with van der Waals surface area (Å²) in [5, 5.41) is 1.94. The van der Waals surface area contributed by atoms with Crippen molar-refractivity contribution < 1.29 is 9.53 Å². The summed E-state index contributed by atoms with van der Waals surface area (Å²) in [4.78, 5) is 13.3. The largest absolute Gasteiger partial charge is 0.456 e. The molecule has 3 heteroatoms. The molecule has 1 aliphatic carbocycles. The summed E-state index contributed by atoms with van der Waals surface area (Å²) < 4.78 is 5.39. The molecule has 0 N–H and O–H groups in total. The fraction of sp³-hybridized carbons (Fsp3) is 0.667. The zero-order chi connectivity index (χ0) is 13.2. The van der Waals surface area contributed by atoms with Gasteiger partial charge in [-0.15, -0.1) is 11.3 Å². The van der Waals surface area contributed by atoms with E-state index >= 15 is 0 Å². The van der Waals surface area contributed by atoms with Gasteiger partial charge in [0.15, 0.2) is 0 Å². The molecular weight excluding hydrogens is 244 g/mol. The molecule has 0 aromatic carbocycles. The first-order valence-corrected chi connectivity index (χ1v) is 7.65. The molecule has 1 heterocycles. The van der Waals surface area contributed by atoms with E-state index in [4.69, 9.17) is 4.74 Å². The Morgan fingerprint density at radius 2 is 1.94 bits per heavy atom. The summed E-state index contributed by atoms with van der Waals surface area (Å²) >= 11 is 1.71. The van der Waals surface area contributed by atoms with Gasteiger partial charge >= 0.3 is 5.97 Å². The Morgan fingerprint density at radius 1 is 1.28 bits per heavy atom. The molecule has 0 radical (unpaired) electrons. The van der Waals surface area contributed by atoms with Gasteiger partial charge in [0.2, 0.25) is 0 Å². The molecule has 1 saturated carbocycles. The number of thiophene rings is 1. The van der Waals surface area contributed by atoms with Gasteiger partial charge in [-0.3, -0.25) is 0 Å². The summed E-state index contributed by atoms with van der Waals surface area (Å²) in [6, 6.07) is 2.04. The maximum atomic E-state index is 11.9. The second kappa shape index (κ2) is 5.43. The predicted molar refractivity (Wildman–Crippen MR) is 75.3 cm³/mol. The quantitative estimate of drug-likeness (QED) is 0.722. The first-order valence-electron chi connectivity index (χ1n) is 6.77. The van der Waals surface area contributed by atoms with Gasteiger partial charge in [0.1, 0.15) is 5.60 Å². The van der Waals surface area contributed by atoms with Crippen LogP contribution < -0.4 is 0 Å². The van der Waals surface area contributed by atoms with Crippen molar-refractivity contribution in [3.63, 3.8) is 0 Å². The van der Waals surface area contributed by atoms with Crippen molar-refractivity contribution in [1.82, 2.24) is 0 Å². The Bertz CT molecular complexity index is 408. The molecule has 100 valence electrons. The molecule has 1 fully saturated rings. The lowest BCUT2D eigenvalue weighted by Gasteiger charge is -2.20. The standard InChI is InChI=1S/C15H22O2S/c1-15(2,3)17-14(16)12-9-13(18-10-12)11-7-5-4-6-8-11/h9-11H,4-8H2,1-3H3. The van der Waals surface area contributed by atoms with Crippen LogP contribution in [-0.4, -0.2) is 11.6 Å². The van der Waals surface area contributed by atoms with E-state index in [0.717, 1.165) is 5.56 Å². The average Bonchev–Trinajstić information content (AvgIpc) is 2.77. The molecule has 2 nitrogen and oxygen atoms in total. The minimum atomic E-state index is -0.413. The third-order valence-electron chi connectivity index (χ3n) is 3.26. The number of ether oxygens (including phenoxy) is 1. The maximum absolute atomic E-state index is 11.9.